The van der Waals surface area contributed by atoms with Gasteiger partial charge in [-0.05, 0) is 93.0 Å². The molecule has 3 nitrogen and oxygen atoms in total. The van der Waals surface area contributed by atoms with E-state index in [-0.39, 0.29) is 0 Å². The van der Waals surface area contributed by atoms with Crippen LogP contribution in [0, 0.1) is 0 Å². The first-order valence-corrected chi connectivity index (χ1v) is 16.9. The van der Waals surface area contributed by atoms with E-state index in [9.17, 15) is 0 Å². The average Bonchev–Trinajstić information content (AvgIpc) is 3.57. The van der Waals surface area contributed by atoms with Gasteiger partial charge in [0, 0.05) is 27.9 Å². The topological polar surface area (TPSA) is 37.9 Å². The second-order valence-corrected chi connectivity index (χ2v) is 12.5. The summed E-state index contributed by atoms with van der Waals surface area (Å²) in [6.45, 7) is 0. The predicted molar refractivity (Wildman–Crippen MR) is 207 cm³/mol. The van der Waals surface area contributed by atoms with Crippen LogP contribution in [0.3, 0.4) is 0 Å². The zero-order valence-electron chi connectivity index (χ0n) is 27.3. The van der Waals surface area contributed by atoms with E-state index in [0.29, 0.717) is 5.88 Å². The van der Waals surface area contributed by atoms with E-state index in [1.54, 1.807) is 0 Å². The SMILES string of the molecule is c1ccc(-c2cc(-c3ccccc3)cc(-c3cccc(Oc4cc(-c5ccccc5)cc5c4[nH]c4ccc(-c6ccccc6)cc45)n3)c2)cc1. The highest BCUT2D eigenvalue weighted by Crippen LogP contribution is 2.40. The number of pyridine rings is 1. The highest BCUT2D eigenvalue weighted by molar-refractivity contribution is 6.11. The summed E-state index contributed by atoms with van der Waals surface area (Å²) in [6, 6.07) is 65.6. The largest absolute Gasteiger partial charge is 0.437 e. The quantitative estimate of drug-likeness (QED) is 0.188. The molecule has 0 aliphatic carbocycles. The average molecular weight is 641 g/mol. The molecule has 236 valence electrons. The van der Waals surface area contributed by atoms with Crippen LogP contribution in [0.25, 0.3) is 77.6 Å². The van der Waals surface area contributed by atoms with E-state index in [2.05, 4.69) is 163 Å². The predicted octanol–water partition coefficient (Wildman–Crippen LogP) is 12.8. The number of aromatic nitrogens is 2. The second-order valence-electron chi connectivity index (χ2n) is 12.5. The zero-order valence-corrected chi connectivity index (χ0v) is 27.3. The first-order chi connectivity index (χ1) is 24.7. The van der Waals surface area contributed by atoms with Crippen molar-refractivity contribution in [1.82, 2.24) is 9.97 Å². The normalized spacial score (nSPS) is 11.2. The summed E-state index contributed by atoms with van der Waals surface area (Å²) in [5.74, 6) is 1.26. The number of hydrogen-bond acceptors (Lipinski definition) is 2. The Bertz CT molecular complexity index is 2540. The molecule has 0 atom stereocenters. The molecule has 2 heterocycles. The number of nitrogens with one attached hydrogen (secondary N) is 1. The molecule has 0 aliphatic heterocycles. The summed E-state index contributed by atoms with van der Waals surface area (Å²) in [7, 11) is 0. The zero-order chi connectivity index (χ0) is 33.3. The lowest BCUT2D eigenvalue weighted by molar-refractivity contribution is 0.468. The Balaban J connectivity index is 1.16. The molecule has 0 fully saturated rings. The maximum atomic E-state index is 6.75. The lowest BCUT2D eigenvalue weighted by Gasteiger charge is -2.13. The van der Waals surface area contributed by atoms with Crippen LogP contribution in [0.2, 0.25) is 0 Å². The number of hydrogen-bond donors (Lipinski definition) is 1. The minimum absolute atomic E-state index is 0.531. The Morgan fingerprint density at radius 2 is 0.860 bits per heavy atom. The van der Waals surface area contributed by atoms with E-state index >= 15 is 0 Å². The van der Waals surface area contributed by atoms with E-state index in [1.807, 2.05) is 30.3 Å². The molecule has 0 saturated heterocycles. The van der Waals surface area contributed by atoms with Gasteiger partial charge in [-0.3, -0.25) is 0 Å². The van der Waals surface area contributed by atoms with Gasteiger partial charge in [0.05, 0.1) is 11.2 Å². The first-order valence-electron chi connectivity index (χ1n) is 16.9. The molecule has 2 aromatic heterocycles. The van der Waals surface area contributed by atoms with Crippen LogP contribution >= 0.6 is 0 Å². The summed E-state index contributed by atoms with van der Waals surface area (Å²) < 4.78 is 6.75. The van der Waals surface area contributed by atoms with Crippen LogP contribution in [0.15, 0.2) is 188 Å². The van der Waals surface area contributed by atoms with Crippen LogP contribution in [-0.4, -0.2) is 9.97 Å². The van der Waals surface area contributed by atoms with Gasteiger partial charge in [0.25, 0.3) is 0 Å². The fraction of sp³-hybridized carbons (Fsp3) is 0. The van der Waals surface area contributed by atoms with Crippen molar-refractivity contribution in [3.05, 3.63) is 188 Å². The lowest BCUT2D eigenvalue weighted by Crippen LogP contribution is -1.93. The molecule has 7 aromatic carbocycles. The van der Waals surface area contributed by atoms with Gasteiger partial charge >= 0.3 is 0 Å². The number of aromatic amines is 1. The Kier molecular flexibility index (Phi) is 7.49. The molecule has 0 radical (unpaired) electrons. The van der Waals surface area contributed by atoms with Gasteiger partial charge in [-0.2, -0.15) is 0 Å². The van der Waals surface area contributed by atoms with Gasteiger partial charge < -0.3 is 9.72 Å². The van der Waals surface area contributed by atoms with Crippen molar-refractivity contribution in [3.63, 3.8) is 0 Å². The molecule has 0 saturated carbocycles. The maximum Gasteiger partial charge on any atom is 0.219 e. The minimum Gasteiger partial charge on any atom is -0.437 e. The Morgan fingerprint density at radius 3 is 1.44 bits per heavy atom. The summed E-state index contributed by atoms with van der Waals surface area (Å²) in [5.41, 5.74) is 13.0. The molecule has 50 heavy (non-hydrogen) atoms. The van der Waals surface area contributed by atoms with Gasteiger partial charge in [0.1, 0.15) is 0 Å². The molecule has 0 spiro atoms. The van der Waals surface area contributed by atoms with Crippen LogP contribution in [-0.2, 0) is 0 Å². The number of nitrogens with zero attached hydrogens (tertiary/aromatic N) is 1. The van der Waals surface area contributed by atoms with Crippen molar-refractivity contribution < 1.29 is 4.74 Å². The summed E-state index contributed by atoms with van der Waals surface area (Å²) in [6.07, 6.45) is 0. The number of fused-ring (bicyclic) bond motifs is 3. The molecule has 9 rings (SSSR count). The molecule has 0 amide bonds. The highest BCUT2D eigenvalue weighted by Gasteiger charge is 2.16. The van der Waals surface area contributed by atoms with E-state index in [4.69, 9.17) is 9.72 Å². The van der Waals surface area contributed by atoms with Crippen molar-refractivity contribution in [2.45, 2.75) is 0 Å². The minimum atomic E-state index is 0.531. The van der Waals surface area contributed by atoms with Gasteiger partial charge in [-0.1, -0.05) is 133 Å². The van der Waals surface area contributed by atoms with Crippen molar-refractivity contribution in [1.29, 1.82) is 0 Å². The standard InChI is InChI=1S/C47H32N2O/c1-5-14-32(15-6-1)36-24-25-44-41(29-36)42-30-39(35-20-11-4-12-21-35)31-45(47(42)49-44)50-46-23-13-22-43(48-46)40-27-37(33-16-7-2-8-17-33)26-38(28-40)34-18-9-3-10-19-34/h1-31,49H. The molecular formula is C47H32N2O. The number of H-pyrrole nitrogens is 1. The van der Waals surface area contributed by atoms with Gasteiger partial charge in [0.2, 0.25) is 5.88 Å². The summed E-state index contributed by atoms with van der Waals surface area (Å²) in [4.78, 5) is 8.76. The second kappa shape index (κ2) is 12.7. The smallest absolute Gasteiger partial charge is 0.219 e. The third-order valence-corrected chi connectivity index (χ3v) is 9.27. The van der Waals surface area contributed by atoms with E-state index in [0.717, 1.165) is 72.2 Å². The fourth-order valence-corrected chi connectivity index (χ4v) is 6.77. The third-order valence-electron chi connectivity index (χ3n) is 9.27. The van der Waals surface area contributed by atoms with Crippen LogP contribution in [0.4, 0.5) is 0 Å². The van der Waals surface area contributed by atoms with Crippen LogP contribution < -0.4 is 4.74 Å². The van der Waals surface area contributed by atoms with Crippen molar-refractivity contribution in [3.8, 4) is 67.4 Å². The first kappa shape index (κ1) is 29.4. The third kappa shape index (κ3) is 5.72. The molecule has 1 N–H and O–H groups in total. The fourth-order valence-electron chi connectivity index (χ4n) is 6.77. The Labute approximate surface area is 291 Å². The molecule has 0 bridgehead atoms. The van der Waals surface area contributed by atoms with Gasteiger partial charge in [0.15, 0.2) is 5.75 Å². The monoisotopic (exact) mass is 640 g/mol. The maximum absolute atomic E-state index is 6.75. The van der Waals surface area contributed by atoms with Crippen LogP contribution in [0.1, 0.15) is 0 Å². The highest BCUT2D eigenvalue weighted by atomic mass is 16.5. The molecule has 3 heteroatoms. The lowest BCUT2D eigenvalue weighted by atomic mass is 9.95. The molecule has 0 aliphatic rings. The summed E-state index contributed by atoms with van der Waals surface area (Å²) >= 11 is 0. The number of benzene rings is 7. The van der Waals surface area contributed by atoms with Crippen molar-refractivity contribution in [2.24, 2.45) is 0 Å². The van der Waals surface area contributed by atoms with Gasteiger partial charge in [-0.25, -0.2) is 4.98 Å². The Morgan fingerprint density at radius 1 is 0.360 bits per heavy atom. The molecule has 9 aromatic rings. The molecule has 0 unspecified atom stereocenters. The van der Waals surface area contributed by atoms with E-state index in [1.165, 1.54) is 11.1 Å². The van der Waals surface area contributed by atoms with Gasteiger partial charge in [-0.15, -0.1) is 0 Å². The summed E-state index contributed by atoms with van der Waals surface area (Å²) in [5, 5.41) is 2.25. The van der Waals surface area contributed by atoms with Crippen molar-refractivity contribution in [2.75, 3.05) is 0 Å². The number of ether oxygens (including phenoxy) is 1. The van der Waals surface area contributed by atoms with E-state index < -0.39 is 0 Å². The van der Waals surface area contributed by atoms with Crippen molar-refractivity contribution >= 4 is 21.8 Å². The van der Waals surface area contributed by atoms with Crippen LogP contribution in [0.5, 0.6) is 11.6 Å². The number of rotatable bonds is 7. The Hall–Kier alpha value is -6.71. The molecular weight excluding hydrogens is 609 g/mol.